The minimum Gasteiger partial charge on any atom is -0.275 e. The lowest BCUT2D eigenvalue weighted by Crippen LogP contribution is -2.29. The Morgan fingerprint density at radius 1 is 0.964 bits per heavy atom. The normalized spacial score (nSPS) is 13.4. The van der Waals surface area contributed by atoms with Crippen LogP contribution in [0, 0.1) is 12.7 Å². The maximum Gasteiger partial charge on any atom is 0.267 e. The molecule has 0 saturated heterocycles. The number of hydrogen-bond donors (Lipinski definition) is 1. The van der Waals surface area contributed by atoms with E-state index in [9.17, 15) is 14.0 Å². The van der Waals surface area contributed by atoms with E-state index in [1.54, 1.807) is 24.3 Å². The van der Waals surface area contributed by atoms with Crippen LogP contribution in [0.1, 0.15) is 26.3 Å². The number of H-pyrrole nitrogens is 1. The first-order valence-electron chi connectivity index (χ1n) is 8.63. The molecule has 0 aliphatic carbocycles. The van der Waals surface area contributed by atoms with Gasteiger partial charge < -0.3 is 0 Å². The van der Waals surface area contributed by atoms with Crippen LogP contribution in [0.5, 0.6) is 0 Å². The number of benzene rings is 2. The summed E-state index contributed by atoms with van der Waals surface area (Å²) in [6.45, 7) is 1.93. The van der Waals surface area contributed by atoms with Crippen molar-refractivity contribution in [1.82, 2.24) is 15.2 Å². The van der Waals surface area contributed by atoms with E-state index in [0.717, 1.165) is 10.5 Å². The highest BCUT2D eigenvalue weighted by Gasteiger charge is 2.39. The van der Waals surface area contributed by atoms with Gasteiger partial charge >= 0.3 is 0 Å². The first-order valence-corrected chi connectivity index (χ1v) is 8.63. The van der Waals surface area contributed by atoms with Gasteiger partial charge in [0.1, 0.15) is 5.82 Å². The van der Waals surface area contributed by atoms with Crippen molar-refractivity contribution in [1.29, 1.82) is 0 Å². The second kappa shape index (κ2) is 5.82. The molecule has 5 rings (SSSR count). The Hall–Kier alpha value is -3.87. The molecular formula is C21H13FN4O2. The van der Waals surface area contributed by atoms with Gasteiger partial charge in [-0.05, 0) is 43.3 Å². The van der Waals surface area contributed by atoms with Crippen molar-refractivity contribution in [3.63, 3.8) is 0 Å². The van der Waals surface area contributed by atoms with Gasteiger partial charge in [-0.25, -0.2) is 14.3 Å². The lowest BCUT2D eigenvalue weighted by atomic mass is 10.0. The molecule has 1 aliphatic rings. The van der Waals surface area contributed by atoms with Gasteiger partial charge in [-0.15, -0.1) is 0 Å². The maximum atomic E-state index is 13.3. The Bertz CT molecular complexity index is 1260. The highest BCUT2D eigenvalue weighted by atomic mass is 19.1. The number of halogens is 1. The topological polar surface area (TPSA) is 79.0 Å². The van der Waals surface area contributed by atoms with Crippen LogP contribution in [0.4, 0.5) is 10.1 Å². The number of rotatable bonds is 2. The van der Waals surface area contributed by atoms with Crippen LogP contribution in [0.3, 0.4) is 0 Å². The van der Waals surface area contributed by atoms with Crippen LogP contribution in [0.15, 0.2) is 54.7 Å². The number of amides is 2. The molecule has 2 aromatic carbocycles. The molecule has 2 aromatic heterocycles. The number of nitrogens with zero attached hydrogens (tertiary/aromatic N) is 3. The predicted molar refractivity (Wildman–Crippen MR) is 102 cm³/mol. The highest BCUT2D eigenvalue weighted by Crippen LogP contribution is 2.36. The first kappa shape index (κ1) is 16.3. The third-order valence-electron chi connectivity index (χ3n) is 4.86. The van der Waals surface area contributed by atoms with E-state index in [4.69, 9.17) is 0 Å². The number of pyridine rings is 1. The van der Waals surface area contributed by atoms with Gasteiger partial charge in [-0.3, -0.25) is 14.7 Å². The third-order valence-corrected chi connectivity index (χ3v) is 4.86. The average Bonchev–Trinajstić information content (AvgIpc) is 3.23. The first-order chi connectivity index (χ1) is 13.5. The summed E-state index contributed by atoms with van der Waals surface area (Å²) in [6.07, 6.45) is 1.38. The van der Waals surface area contributed by atoms with E-state index >= 15 is 0 Å². The summed E-state index contributed by atoms with van der Waals surface area (Å²) in [6, 6.07) is 13.0. The van der Waals surface area contributed by atoms with Gasteiger partial charge in [0, 0.05) is 11.8 Å². The Labute approximate surface area is 158 Å². The fourth-order valence-corrected chi connectivity index (χ4v) is 3.45. The van der Waals surface area contributed by atoms with Crippen LogP contribution < -0.4 is 4.90 Å². The molecule has 0 saturated carbocycles. The summed E-state index contributed by atoms with van der Waals surface area (Å²) in [5.41, 5.74) is 3.49. The smallest absolute Gasteiger partial charge is 0.267 e. The quantitative estimate of drug-likeness (QED) is 0.542. The number of carbonyl (C=O) groups excluding carboxylic acids is 2. The predicted octanol–water partition coefficient (Wildman–Crippen LogP) is 3.87. The lowest BCUT2D eigenvalue weighted by Gasteiger charge is -2.13. The number of anilines is 1. The van der Waals surface area contributed by atoms with E-state index in [1.165, 1.54) is 18.3 Å². The van der Waals surface area contributed by atoms with E-state index in [2.05, 4.69) is 15.2 Å². The zero-order valence-electron chi connectivity index (χ0n) is 14.7. The van der Waals surface area contributed by atoms with E-state index in [1.807, 2.05) is 19.1 Å². The number of aromatic nitrogens is 3. The molecule has 136 valence electrons. The number of hydrogen-bond acceptors (Lipinski definition) is 4. The summed E-state index contributed by atoms with van der Waals surface area (Å²) >= 11 is 0. The Morgan fingerprint density at radius 2 is 1.68 bits per heavy atom. The largest absolute Gasteiger partial charge is 0.275 e. The van der Waals surface area contributed by atoms with Crippen molar-refractivity contribution >= 4 is 28.5 Å². The van der Waals surface area contributed by atoms with Crippen molar-refractivity contribution < 1.29 is 14.0 Å². The van der Waals surface area contributed by atoms with Gasteiger partial charge in [0.25, 0.3) is 11.8 Å². The molecule has 28 heavy (non-hydrogen) atoms. The molecule has 0 bridgehead atoms. The number of aromatic amines is 1. The zero-order chi connectivity index (χ0) is 19.4. The minimum atomic E-state index is -0.430. The number of fused-ring (bicyclic) bond motifs is 3. The minimum absolute atomic E-state index is 0.225. The average molecular weight is 372 g/mol. The van der Waals surface area contributed by atoms with E-state index in [0.29, 0.717) is 28.0 Å². The van der Waals surface area contributed by atoms with Crippen LogP contribution in [-0.2, 0) is 0 Å². The maximum absolute atomic E-state index is 13.3. The molecule has 1 aliphatic heterocycles. The fraction of sp³-hybridized carbons (Fsp3) is 0.0476. The Balaban J connectivity index is 1.72. The Morgan fingerprint density at radius 3 is 2.39 bits per heavy atom. The molecule has 0 spiro atoms. The number of nitrogens with one attached hydrogen (secondary N) is 1. The van der Waals surface area contributed by atoms with Crippen molar-refractivity contribution in [3.05, 3.63) is 77.2 Å². The van der Waals surface area contributed by atoms with E-state index in [-0.39, 0.29) is 16.9 Å². The Kier molecular flexibility index (Phi) is 3.39. The standard InChI is InChI=1S/C21H13FN4O2/c1-11-2-8-14(9-3-11)26-20(27)15-10-23-19-17(16(15)21(26)28)18(24-25-19)12-4-6-13(22)7-5-12/h2-10H,1H3,(H,23,24,25). The van der Waals surface area contributed by atoms with Crippen molar-refractivity contribution in [2.45, 2.75) is 6.92 Å². The van der Waals surface area contributed by atoms with Crippen LogP contribution in [0.25, 0.3) is 22.3 Å². The molecule has 6 nitrogen and oxygen atoms in total. The monoisotopic (exact) mass is 372 g/mol. The van der Waals surface area contributed by atoms with Crippen molar-refractivity contribution in [2.75, 3.05) is 4.90 Å². The molecule has 0 fully saturated rings. The summed E-state index contributed by atoms with van der Waals surface area (Å²) in [4.78, 5) is 31.5. The molecule has 1 N–H and O–H groups in total. The number of carbonyl (C=O) groups is 2. The second-order valence-corrected chi connectivity index (χ2v) is 6.63. The van der Waals surface area contributed by atoms with Gasteiger partial charge in [0.2, 0.25) is 0 Å². The molecule has 0 atom stereocenters. The molecule has 0 radical (unpaired) electrons. The van der Waals surface area contributed by atoms with Crippen LogP contribution in [0.2, 0.25) is 0 Å². The third kappa shape index (κ3) is 2.26. The summed E-state index contributed by atoms with van der Waals surface area (Å²) < 4.78 is 13.3. The number of aryl methyl sites for hydroxylation is 1. The molecule has 0 unspecified atom stereocenters. The van der Waals surface area contributed by atoms with Gasteiger partial charge in [0.05, 0.1) is 27.9 Å². The molecule has 4 aromatic rings. The lowest BCUT2D eigenvalue weighted by molar-refractivity contribution is 0.0926. The summed E-state index contributed by atoms with van der Waals surface area (Å²) in [5, 5.41) is 7.47. The molecule has 2 amide bonds. The molecule has 7 heteroatoms. The van der Waals surface area contributed by atoms with E-state index < -0.39 is 11.8 Å². The van der Waals surface area contributed by atoms with Crippen molar-refractivity contribution in [2.24, 2.45) is 0 Å². The van der Waals surface area contributed by atoms with Crippen molar-refractivity contribution in [3.8, 4) is 11.3 Å². The molecular weight excluding hydrogens is 359 g/mol. The summed E-state index contributed by atoms with van der Waals surface area (Å²) in [7, 11) is 0. The van der Waals surface area contributed by atoms with Gasteiger partial charge in [-0.2, -0.15) is 5.10 Å². The zero-order valence-corrected chi connectivity index (χ0v) is 14.7. The summed E-state index contributed by atoms with van der Waals surface area (Å²) in [5.74, 6) is -1.22. The number of imide groups is 1. The SMILES string of the molecule is Cc1ccc(N2C(=O)c3cnc4n[nH]c(-c5ccc(F)cc5)c4c3C2=O)cc1. The second-order valence-electron chi connectivity index (χ2n) is 6.63. The van der Waals surface area contributed by atoms with Crippen LogP contribution in [-0.4, -0.2) is 27.0 Å². The fourth-order valence-electron chi connectivity index (χ4n) is 3.45. The molecule has 3 heterocycles. The highest BCUT2D eigenvalue weighted by molar-refractivity contribution is 6.38. The van der Waals surface area contributed by atoms with Gasteiger partial charge in [-0.1, -0.05) is 17.7 Å². The van der Waals surface area contributed by atoms with Crippen LogP contribution >= 0.6 is 0 Å². The van der Waals surface area contributed by atoms with Gasteiger partial charge in [0.15, 0.2) is 5.65 Å².